The first-order valence-corrected chi connectivity index (χ1v) is 9.71. The second kappa shape index (κ2) is 6.24. The molecule has 0 amide bonds. The highest BCUT2D eigenvalue weighted by Crippen LogP contribution is 2.35. The van der Waals surface area contributed by atoms with E-state index < -0.39 is 10.0 Å². The summed E-state index contributed by atoms with van der Waals surface area (Å²) in [4.78, 5) is 2.44. The van der Waals surface area contributed by atoms with Crippen LogP contribution in [0.25, 0.3) is 4.91 Å². The zero-order valence-electron chi connectivity index (χ0n) is 14.6. The van der Waals surface area contributed by atoms with Crippen LogP contribution in [-0.4, -0.2) is 39.4 Å². The summed E-state index contributed by atoms with van der Waals surface area (Å²) in [7, 11) is -2.07. The van der Waals surface area contributed by atoms with Crippen molar-refractivity contribution in [3.63, 3.8) is 0 Å². The molecule has 6 heteroatoms. The zero-order valence-corrected chi connectivity index (χ0v) is 15.4. The van der Waals surface area contributed by atoms with E-state index in [0.29, 0.717) is 33.9 Å². The summed E-state index contributed by atoms with van der Waals surface area (Å²) in [6.07, 6.45) is 1.17. The molecule has 2 aliphatic heterocycles. The van der Waals surface area contributed by atoms with Crippen molar-refractivity contribution in [2.75, 3.05) is 20.2 Å². The van der Waals surface area contributed by atoms with Gasteiger partial charge in [0.15, 0.2) is 0 Å². The monoisotopic (exact) mass is 348 g/mol. The van der Waals surface area contributed by atoms with Gasteiger partial charge in [0.2, 0.25) is 0 Å². The average Bonchev–Trinajstić information content (AvgIpc) is 2.76. The molecule has 1 saturated heterocycles. The third kappa shape index (κ3) is 3.07. The molecule has 0 aromatic heterocycles. The number of piperidine rings is 1. The number of sulfonamides is 1. The summed E-state index contributed by atoms with van der Waals surface area (Å²) < 4.78 is 34.5. The molecular weight excluding hydrogens is 324 g/mol. The standard InChI is InChI=1S/C18H24N2O3S/c1-12-9-13(2)11-20(10-12)18-14(3)17(24(21,22)19-18)15-5-7-16(23-4)8-6-15/h5-8,12-13H,9-11H2,1-4H3. The van der Waals surface area contributed by atoms with Gasteiger partial charge in [-0.25, -0.2) is 0 Å². The molecule has 0 radical (unpaired) electrons. The van der Waals surface area contributed by atoms with E-state index in [1.54, 1.807) is 31.4 Å². The lowest BCUT2D eigenvalue weighted by atomic mass is 9.91. The van der Waals surface area contributed by atoms with Crippen LogP contribution >= 0.6 is 0 Å². The minimum Gasteiger partial charge on any atom is -0.497 e. The van der Waals surface area contributed by atoms with Crippen LogP contribution in [0, 0.1) is 11.8 Å². The Kier molecular flexibility index (Phi) is 4.42. The van der Waals surface area contributed by atoms with Crippen molar-refractivity contribution in [3.8, 4) is 5.75 Å². The van der Waals surface area contributed by atoms with Crippen LogP contribution in [0.15, 0.2) is 34.2 Å². The molecule has 3 rings (SSSR count). The number of hydrogen-bond donors (Lipinski definition) is 0. The van der Waals surface area contributed by atoms with E-state index in [1.807, 2.05) is 6.92 Å². The fraction of sp³-hybridized carbons (Fsp3) is 0.500. The maximum Gasteiger partial charge on any atom is 0.285 e. The second-order valence-electron chi connectivity index (χ2n) is 6.92. The van der Waals surface area contributed by atoms with Crippen LogP contribution < -0.4 is 4.74 Å². The third-order valence-electron chi connectivity index (χ3n) is 4.66. The molecule has 2 aliphatic rings. The Hall–Kier alpha value is -1.82. The number of methoxy groups -OCH3 is 1. The maximum absolute atomic E-state index is 12.6. The quantitative estimate of drug-likeness (QED) is 0.824. The van der Waals surface area contributed by atoms with E-state index in [0.717, 1.165) is 18.7 Å². The van der Waals surface area contributed by atoms with Crippen molar-refractivity contribution < 1.29 is 13.2 Å². The molecule has 2 heterocycles. The van der Waals surface area contributed by atoms with E-state index in [-0.39, 0.29) is 0 Å². The lowest BCUT2D eigenvalue weighted by Crippen LogP contribution is -2.42. The highest BCUT2D eigenvalue weighted by atomic mass is 32.2. The lowest BCUT2D eigenvalue weighted by Gasteiger charge is -2.36. The van der Waals surface area contributed by atoms with Crippen LogP contribution in [0.1, 0.15) is 32.8 Å². The molecule has 24 heavy (non-hydrogen) atoms. The van der Waals surface area contributed by atoms with Crippen molar-refractivity contribution >= 4 is 20.8 Å². The molecule has 2 unspecified atom stereocenters. The SMILES string of the molecule is COc1ccc(C2=C(C)C(N3CC(C)CC(C)C3)=NS2(=O)=O)cc1. The molecule has 0 aliphatic carbocycles. The van der Waals surface area contributed by atoms with Gasteiger partial charge in [-0.3, -0.25) is 0 Å². The van der Waals surface area contributed by atoms with Crippen molar-refractivity contribution in [1.29, 1.82) is 0 Å². The first-order chi connectivity index (χ1) is 11.3. The number of nitrogens with zero attached hydrogens (tertiary/aromatic N) is 2. The lowest BCUT2D eigenvalue weighted by molar-refractivity contribution is 0.214. The largest absolute Gasteiger partial charge is 0.497 e. The zero-order chi connectivity index (χ0) is 17.5. The van der Waals surface area contributed by atoms with Gasteiger partial charge in [-0.05, 0) is 55.0 Å². The minimum absolute atomic E-state index is 0.311. The number of benzene rings is 1. The van der Waals surface area contributed by atoms with Crippen molar-refractivity contribution in [3.05, 3.63) is 35.4 Å². The number of hydrogen-bond acceptors (Lipinski definition) is 4. The van der Waals surface area contributed by atoms with Gasteiger partial charge in [-0.1, -0.05) is 13.8 Å². The summed E-state index contributed by atoms with van der Waals surface area (Å²) in [5.41, 5.74) is 1.40. The molecule has 1 aromatic carbocycles. The van der Waals surface area contributed by atoms with Crippen LogP contribution in [0.2, 0.25) is 0 Å². The molecule has 0 saturated carbocycles. The molecule has 1 fully saturated rings. The summed E-state index contributed by atoms with van der Waals surface area (Å²) in [5, 5.41) is 0. The van der Waals surface area contributed by atoms with Gasteiger partial charge in [0, 0.05) is 18.7 Å². The van der Waals surface area contributed by atoms with Crippen LogP contribution in [0.5, 0.6) is 5.75 Å². The highest BCUT2D eigenvalue weighted by Gasteiger charge is 2.35. The molecule has 0 bridgehead atoms. The Labute approximate surface area is 144 Å². The first-order valence-electron chi connectivity index (χ1n) is 8.27. The average molecular weight is 348 g/mol. The smallest absolute Gasteiger partial charge is 0.285 e. The fourth-order valence-electron chi connectivity index (χ4n) is 3.76. The predicted octanol–water partition coefficient (Wildman–Crippen LogP) is 3.15. The summed E-state index contributed by atoms with van der Waals surface area (Å²) in [6, 6.07) is 7.09. The number of amidine groups is 1. The molecule has 0 spiro atoms. The molecule has 0 N–H and O–H groups in total. The summed E-state index contributed by atoms with van der Waals surface area (Å²) in [6.45, 7) is 7.97. The van der Waals surface area contributed by atoms with Gasteiger partial charge in [0.1, 0.15) is 16.5 Å². The molecule has 2 atom stereocenters. The number of ether oxygens (including phenoxy) is 1. The maximum atomic E-state index is 12.6. The van der Waals surface area contributed by atoms with E-state index in [1.165, 1.54) is 6.42 Å². The fourth-order valence-corrected chi connectivity index (χ4v) is 5.25. The Morgan fingerprint density at radius 1 is 1.12 bits per heavy atom. The minimum atomic E-state index is -3.66. The van der Waals surface area contributed by atoms with Crippen LogP contribution in [0.4, 0.5) is 0 Å². The Morgan fingerprint density at radius 3 is 2.25 bits per heavy atom. The number of rotatable bonds is 2. The topological polar surface area (TPSA) is 59.0 Å². The van der Waals surface area contributed by atoms with E-state index in [2.05, 4.69) is 23.1 Å². The Morgan fingerprint density at radius 2 is 1.71 bits per heavy atom. The second-order valence-corrected chi connectivity index (χ2v) is 8.46. The van der Waals surface area contributed by atoms with E-state index >= 15 is 0 Å². The molecular formula is C18H24N2O3S. The van der Waals surface area contributed by atoms with Crippen molar-refractivity contribution in [2.45, 2.75) is 27.2 Å². The van der Waals surface area contributed by atoms with Gasteiger partial charge in [-0.2, -0.15) is 8.42 Å². The summed E-state index contributed by atoms with van der Waals surface area (Å²) >= 11 is 0. The molecule has 5 nitrogen and oxygen atoms in total. The van der Waals surface area contributed by atoms with Crippen molar-refractivity contribution in [1.82, 2.24) is 4.90 Å². The normalized spacial score (nSPS) is 26.5. The molecule has 130 valence electrons. The van der Waals surface area contributed by atoms with Crippen LogP contribution in [0.3, 0.4) is 0 Å². The van der Waals surface area contributed by atoms with Gasteiger partial charge < -0.3 is 9.64 Å². The van der Waals surface area contributed by atoms with Gasteiger partial charge in [0.05, 0.1) is 7.11 Å². The van der Waals surface area contributed by atoms with E-state index in [4.69, 9.17) is 4.74 Å². The number of likely N-dealkylation sites (tertiary alicyclic amines) is 1. The Balaban J connectivity index is 1.99. The summed E-state index contributed by atoms with van der Waals surface area (Å²) in [5.74, 6) is 2.39. The van der Waals surface area contributed by atoms with Crippen molar-refractivity contribution in [2.24, 2.45) is 16.2 Å². The highest BCUT2D eigenvalue weighted by molar-refractivity contribution is 8.00. The van der Waals surface area contributed by atoms with Gasteiger partial charge >= 0.3 is 0 Å². The van der Waals surface area contributed by atoms with Crippen LogP contribution in [-0.2, 0) is 10.0 Å². The van der Waals surface area contributed by atoms with Gasteiger partial charge in [-0.15, -0.1) is 4.40 Å². The van der Waals surface area contributed by atoms with Gasteiger partial charge in [0.25, 0.3) is 10.0 Å². The first kappa shape index (κ1) is 17.0. The van der Waals surface area contributed by atoms with E-state index in [9.17, 15) is 8.42 Å². The third-order valence-corrected chi connectivity index (χ3v) is 6.13. The Bertz CT molecular complexity index is 784. The molecule has 1 aromatic rings. The predicted molar refractivity (Wildman–Crippen MR) is 96.5 cm³/mol.